The van der Waals surface area contributed by atoms with E-state index in [9.17, 15) is 0 Å². The van der Waals surface area contributed by atoms with Crippen LogP contribution in [0.25, 0.3) is 0 Å². The van der Waals surface area contributed by atoms with Crippen molar-refractivity contribution in [3.05, 3.63) is 48.3 Å². The largest absolute Gasteiger partial charge is 0.456 e. The van der Waals surface area contributed by atoms with E-state index in [1.54, 1.807) is 13.3 Å². The van der Waals surface area contributed by atoms with Crippen LogP contribution in [0.1, 0.15) is 12.0 Å². The number of nitrogens with one attached hydrogen (secondary N) is 1. The van der Waals surface area contributed by atoms with Crippen LogP contribution in [0.15, 0.2) is 42.7 Å². The van der Waals surface area contributed by atoms with Gasteiger partial charge >= 0.3 is 0 Å². The third-order valence-electron chi connectivity index (χ3n) is 4.77. The lowest BCUT2D eigenvalue weighted by Crippen LogP contribution is -2.41. The van der Waals surface area contributed by atoms with Crippen LogP contribution < -0.4 is 15.0 Å². The van der Waals surface area contributed by atoms with Crippen molar-refractivity contribution >= 4 is 5.69 Å². The first-order valence-corrected chi connectivity index (χ1v) is 8.49. The van der Waals surface area contributed by atoms with Gasteiger partial charge in [-0.25, -0.2) is 0 Å². The minimum absolute atomic E-state index is 0.613. The van der Waals surface area contributed by atoms with Crippen LogP contribution >= 0.6 is 0 Å². The lowest BCUT2D eigenvalue weighted by atomic mass is 10.00. The molecule has 3 heterocycles. The lowest BCUT2D eigenvalue weighted by molar-refractivity contribution is 0.185. The van der Waals surface area contributed by atoms with Gasteiger partial charge in [-0.05, 0) is 30.0 Å². The Morgan fingerprint density at radius 1 is 1.17 bits per heavy atom. The van der Waals surface area contributed by atoms with Crippen LogP contribution in [0.5, 0.6) is 11.5 Å². The summed E-state index contributed by atoms with van der Waals surface area (Å²) in [6, 6.07) is 10.7. The van der Waals surface area contributed by atoms with Gasteiger partial charge in [0.1, 0.15) is 11.5 Å². The first kappa shape index (κ1) is 15.4. The van der Waals surface area contributed by atoms with Crippen LogP contribution in [-0.4, -0.2) is 37.8 Å². The summed E-state index contributed by atoms with van der Waals surface area (Å²) in [6.45, 7) is 3.90. The fourth-order valence-electron chi connectivity index (χ4n) is 3.64. The third kappa shape index (κ3) is 3.37. The highest BCUT2D eigenvalue weighted by atomic mass is 16.5. The smallest absolute Gasteiger partial charge is 0.147 e. The maximum atomic E-state index is 5.97. The van der Waals surface area contributed by atoms with Gasteiger partial charge in [0.05, 0.1) is 24.7 Å². The topological polar surface area (TPSA) is 46.6 Å². The van der Waals surface area contributed by atoms with E-state index in [4.69, 9.17) is 9.47 Å². The summed E-state index contributed by atoms with van der Waals surface area (Å²) in [6.07, 6.45) is 5.00. The summed E-state index contributed by atoms with van der Waals surface area (Å²) in [7, 11) is 1.70. The standard InChI is InChI=1S/C19H23N3O2/c1-23-13-14-2-4-18(5-3-14)24-19-7-17(9-20-10-19)22-11-15-6-16(12-22)21-8-15/h2-5,7,9-10,15-16,21H,6,8,11-13H2,1H3. The van der Waals surface area contributed by atoms with Crippen molar-refractivity contribution in [3.63, 3.8) is 0 Å². The van der Waals surface area contributed by atoms with Gasteiger partial charge in [-0.15, -0.1) is 0 Å². The summed E-state index contributed by atoms with van der Waals surface area (Å²) >= 11 is 0. The molecule has 2 bridgehead atoms. The molecule has 4 rings (SSSR count). The molecule has 2 saturated heterocycles. The van der Waals surface area contributed by atoms with Crippen molar-refractivity contribution in [2.75, 3.05) is 31.6 Å². The molecule has 2 fully saturated rings. The number of aromatic nitrogens is 1. The second kappa shape index (κ2) is 6.79. The Balaban J connectivity index is 1.46. The van der Waals surface area contributed by atoms with Gasteiger partial charge in [0, 0.05) is 38.9 Å². The number of ether oxygens (including phenoxy) is 2. The molecule has 1 aromatic carbocycles. The molecule has 2 unspecified atom stereocenters. The molecule has 1 N–H and O–H groups in total. The number of hydrogen-bond donors (Lipinski definition) is 1. The third-order valence-corrected chi connectivity index (χ3v) is 4.77. The Bertz CT molecular complexity index is 677. The number of nitrogens with zero attached hydrogens (tertiary/aromatic N) is 2. The Morgan fingerprint density at radius 3 is 2.83 bits per heavy atom. The summed E-state index contributed by atoms with van der Waals surface area (Å²) in [5, 5.41) is 3.58. The first-order chi connectivity index (χ1) is 11.8. The average molecular weight is 325 g/mol. The number of pyridine rings is 1. The van der Waals surface area contributed by atoms with Gasteiger partial charge in [0.2, 0.25) is 0 Å². The molecule has 24 heavy (non-hydrogen) atoms. The molecule has 126 valence electrons. The van der Waals surface area contributed by atoms with Gasteiger partial charge in [-0.3, -0.25) is 4.98 Å². The Labute approximate surface area is 142 Å². The minimum Gasteiger partial charge on any atom is -0.456 e. The molecule has 2 aliphatic heterocycles. The van der Waals surface area contributed by atoms with E-state index in [2.05, 4.69) is 21.3 Å². The number of piperidine rings is 1. The molecule has 0 amide bonds. The van der Waals surface area contributed by atoms with Crippen molar-refractivity contribution in [1.29, 1.82) is 0 Å². The number of hydrogen-bond acceptors (Lipinski definition) is 5. The SMILES string of the molecule is COCc1ccc(Oc2cncc(N3CC4CNC(C4)C3)c2)cc1. The van der Waals surface area contributed by atoms with Crippen molar-refractivity contribution in [3.8, 4) is 11.5 Å². The zero-order chi connectivity index (χ0) is 16.4. The molecule has 2 aromatic rings. The maximum Gasteiger partial charge on any atom is 0.147 e. The average Bonchev–Trinajstić information content (AvgIpc) is 2.95. The molecule has 5 nitrogen and oxygen atoms in total. The molecule has 2 atom stereocenters. The van der Waals surface area contributed by atoms with E-state index >= 15 is 0 Å². The molecular weight excluding hydrogens is 302 g/mol. The van der Waals surface area contributed by atoms with E-state index < -0.39 is 0 Å². The predicted molar refractivity (Wildman–Crippen MR) is 93.6 cm³/mol. The number of methoxy groups -OCH3 is 1. The van der Waals surface area contributed by atoms with Crippen LogP contribution in [-0.2, 0) is 11.3 Å². The summed E-state index contributed by atoms with van der Waals surface area (Å²) in [4.78, 5) is 6.78. The molecule has 0 saturated carbocycles. The molecule has 2 aliphatic rings. The monoisotopic (exact) mass is 325 g/mol. The number of rotatable bonds is 5. The highest BCUT2D eigenvalue weighted by Gasteiger charge is 2.32. The molecule has 0 radical (unpaired) electrons. The van der Waals surface area contributed by atoms with Crippen LogP contribution in [0.4, 0.5) is 5.69 Å². The van der Waals surface area contributed by atoms with E-state index in [0.717, 1.165) is 48.3 Å². The second-order valence-corrected chi connectivity index (χ2v) is 6.67. The normalized spacial score (nSPS) is 22.6. The minimum atomic E-state index is 0.613. The predicted octanol–water partition coefficient (Wildman–Crippen LogP) is 2.82. The van der Waals surface area contributed by atoms with Crippen LogP contribution in [0.2, 0.25) is 0 Å². The summed E-state index contributed by atoms with van der Waals surface area (Å²) in [5.74, 6) is 2.34. The Kier molecular flexibility index (Phi) is 4.36. The summed E-state index contributed by atoms with van der Waals surface area (Å²) < 4.78 is 11.1. The maximum absolute atomic E-state index is 5.97. The van der Waals surface area contributed by atoms with Gasteiger partial charge < -0.3 is 19.7 Å². The van der Waals surface area contributed by atoms with E-state index in [1.165, 1.54) is 6.42 Å². The Hall–Kier alpha value is -2.11. The van der Waals surface area contributed by atoms with Crippen LogP contribution in [0, 0.1) is 5.92 Å². The molecule has 0 aliphatic carbocycles. The number of anilines is 1. The summed E-state index contributed by atoms with van der Waals surface area (Å²) in [5.41, 5.74) is 2.27. The van der Waals surface area contributed by atoms with Crippen molar-refractivity contribution in [2.24, 2.45) is 5.92 Å². The molecule has 0 spiro atoms. The van der Waals surface area contributed by atoms with Crippen molar-refractivity contribution < 1.29 is 9.47 Å². The van der Waals surface area contributed by atoms with Gasteiger partial charge in [-0.1, -0.05) is 12.1 Å². The fraction of sp³-hybridized carbons (Fsp3) is 0.421. The van der Waals surface area contributed by atoms with E-state index in [1.807, 2.05) is 30.5 Å². The van der Waals surface area contributed by atoms with E-state index in [0.29, 0.717) is 12.6 Å². The highest BCUT2D eigenvalue weighted by Crippen LogP contribution is 2.30. The van der Waals surface area contributed by atoms with Crippen LogP contribution in [0.3, 0.4) is 0 Å². The Morgan fingerprint density at radius 2 is 2.04 bits per heavy atom. The van der Waals surface area contributed by atoms with Gasteiger partial charge in [0.25, 0.3) is 0 Å². The highest BCUT2D eigenvalue weighted by molar-refractivity contribution is 5.50. The zero-order valence-corrected chi connectivity index (χ0v) is 13.9. The van der Waals surface area contributed by atoms with Crippen molar-refractivity contribution in [1.82, 2.24) is 10.3 Å². The van der Waals surface area contributed by atoms with Gasteiger partial charge in [0.15, 0.2) is 0 Å². The number of fused-ring (bicyclic) bond motifs is 2. The second-order valence-electron chi connectivity index (χ2n) is 6.67. The lowest BCUT2D eigenvalue weighted by Gasteiger charge is -2.32. The quantitative estimate of drug-likeness (QED) is 0.916. The number of benzene rings is 1. The molecular formula is C19H23N3O2. The van der Waals surface area contributed by atoms with Crippen molar-refractivity contribution in [2.45, 2.75) is 19.1 Å². The van der Waals surface area contributed by atoms with E-state index in [-0.39, 0.29) is 0 Å². The first-order valence-electron chi connectivity index (χ1n) is 8.49. The van der Waals surface area contributed by atoms with Gasteiger partial charge in [-0.2, -0.15) is 0 Å². The molecule has 5 heteroatoms. The molecule has 1 aromatic heterocycles. The fourth-order valence-corrected chi connectivity index (χ4v) is 3.64. The zero-order valence-electron chi connectivity index (χ0n) is 13.9.